The van der Waals surface area contributed by atoms with Gasteiger partial charge in [-0.15, -0.1) is 0 Å². The molecule has 0 spiro atoms. The molecule has 0 aromatic carbocycles. The van der Waals surface area contributed by atoms with E-state index in [4.69, 9.17) is 0 Å². The standard InChI is InChI=1S/C7H11NO.C2H6.CH4/c1-3-7(9)8-4-6(2)5-8;1-2;/h3,6H,1,4-5H2,2H3;1-2H3;1H4. The molecule has 12 heavy (non-hydrogen) atoms. The lowest BCUT2D eigenvalue weighted by molar-refractivity contribution is -0.131. The number of amides is 1. The van der Waals surface area contributed by atoms with E-state index >= 15 is 0 Å². The van der Waals surface area contributed by atoms with Gasteiger partial charge in [0.05, 0.1) is 0 Å². The summed E-state index contributed by atoms with van der Waals surface area (Å²) < 4.78 is 0. The van der Waals surface area contributed by atoms with Gasteiger partial charge < -0.3 is 4.90 Å². The lowest BCUT2D eigenvalue weighted by Crippen LogP contribution is -2.47. The van der Waals surface area contributed by atoms with Gasteiger partial charge >= 0.3 is 0 Å². The van der Waals surface area contributed by atoms with E-state index in [1.807, 2.05) is 13.8 Å². The third-order valence-electron chi connectivity index (χ3n) is 1.55. The average molecular weight is 171 g/mol. The van der Waals surface area contributed by atoms with Crippen molar-refractivity contribution < 1.29 is 4.79 Å². The van der Waals surface area contributed by atoms with Gasteiger partial charge in [-0.1, -0.05) is 34.8 Å². The number of hydrogen-bond acceptors (Lipinski definition) is 1. The molecule has 0 atom stereocenters. The highest BCUT2D eigenvalue weighted by Crippen LogP contribution is 2.13. The molecular weight excluding hydrogens is 150 g/mol. The third kappa shape index (κ3) is 3.56. The van der Waals surface area contributed by atoms with Gasteiger partial charge in [0.15, 0.2) is 0 Å². The van der Waals surface area contributed by atoms with Crippen LogP contribution in [0.5, 0.6) is 0 Å². The van der Waals surface area contributed by atoms with E-state index in [0.29, 0.717) is 5.92 Å². The molecule has 2 nitrogen and oxygen atoms in total. The Morgan fingerprint density at radius 2 is 1.92 bits per heavy atom. The molecule has 1 amide bonds. The van der Waals surface area contributed by atoms with Gasteiger partial charge in [-0.2, -0.15) is 0 Å². The quantitative estimate of drug-likeness (QED) is 0.554. The molecule has 0 N–H and O–H groups in total. The van der Waals surface area contributed by atoms with E-state index in [-0.39, 0.29) is 13.3 Å². The van der Waals surface area contributed by atoms with Crippen LogP contribution in [0.1, 0.15) is 28.2 Å². The summed E-state index contributed by atoms with van der Waals surface area (Å²) in [6.45, 7) is 11.3. The summed E-state index contributed by atoms with van der Waals surface area (Å²) in [7, 11) is 0. The topological polar surface area (TPSA) is 20.3 Å². The van der Waals surface area contributed by atoms with Crippen LogP contribution in [-0.2, 0) is 4.79 Å². The van der Waals surface area contributed by atoms with E-state index in [2.05, 4.69) is 13.5 Å². The monoisotopic (exact) mass is 171 g/mol. The number of likely N-dealkylation sites (tertiary alicyclic amines) is 1. The SMILES string of the molecule is C.C=CC(=O)N1CC(C)C1.CC. The molecule has 0 aromatic rings. The van der Waals surface area contributed by atoms with Gasteiger partial charge in [0, 0.05) is 13.1 Å². The van der Waals surface area contributed by atoms with Crippen molar-refractivity contribution in [2.24, 2.45) is 5.92 Å². The molecular formula is C10H21NO. The summed E-state index contributed by atoms with van der Waals surface area (Å²) >= 11 is 0. The van der Waals surface area contributed by atoms with Crippen LogP contribution in [0, 0.1) is 5.92 Å². The maximum absolute atomic E-state index is 10.7. The molecule has 0 saturated carbocycles. The van der Waals surface area contributed by atoms with Crippen molar-refractivity contribution in [3.63, 3.8) is 0 Å². The molecule has 0 aromatic heterocycles. The Morgan fingerprint density at radius 1 is 1.50 bits per heavy atom. The predicted molar refractivity (Wildman–Crippen MR) is 54.0 cm³/mol. The molecule has 0 radical (unpaired) electrons. The Kier molecular flexibility index (Phi) is 7.91. The summed E-state index contributed by atoms with van der Waals surface area (Å²) in [5.41, 5.74) is 0. The molecule has 0 bridgehead atoms. The fourth-order valence-corrected chi connectivity index (χ4v) is 1.01. The first-order valence-electron chi connectivity index (χ1n) is 4.15. The van der Waals surface area contributed by atoms with Crippen molar-refractivity contribution in [2.45, 2.75) is 28.2 Å². The number of carbonyl (C=O) groups excluding carboxylic acids is 1. The van der Waals surface area contributed by atoms with Crippen LogP contribution >= 0.6 is 0 Å². The minimum atomic E-state index is 0. The van der Waals surface area contributed by atoms with Crippen LogP contribution < -0.4 is 0 Å². The fraction of sp³-hybridized carbons (Fsp3) is 0.700. The minimum Gasteiger partial charge on any atom is -0.339 e. The Bertz CT molecular complexity index is 137. The first-order valence-corrected chi connectivity index (χ1v) is 4.15. The van der Waals surface area contributed by atoms with Gasteiger partial charge in [0.25, 0.3) is 0 Å². The molecule has 72 valence electrons. The number of rotatable bonds is 1. The average Bonchev–Trinajstić information content (AvgIpc) is 2.01. The molecule has 0 aliphatic carbocycles. The van der Waals surface area contributed by atoms with Crippen molar-refractivity contribution in [1.82, 2.24) is 4.90 Å². The second-order valence-corrected chi connectivity index (χ2v) is 2.55. The van der Waals surface area contributed by atoms with Gasteiger partial charge in [0.2, 0.25) is 5.91 Å². The van der Waals surface area contributed by atoms with Crippen LogP contribution in [-0.4, -0.2) is 23.9 Å². The van der Waals surface area contributed by atoms with Crippen LogP contribution in [0.2, 0.25) is 0 Å². The van der Waals surface area contributed by atoms with E-state index in [1.165, 1.54) is 6.08 Å². The Labute approximate surface area is 76.3 Å². The molecule has 1 fully saturated rings. The zero-order valence-electron chi connectivity index (χ0n) is 7.63. The summed E-state index contributed by atoms with van der Waals surface area (Å²) in [5, 5.41) is 0. The third-order valence-corrected chi connectivity index (χ3v) is 1.55. The predicted octanol–water partition coefficient (Wildman–Crippen LogP) is 2.31. The molecule has 1 saturated heterocycles. The molecule has 1 aliphatic heterocycles. The molecule has 2 heteroatoms. The van der Waals surface area contributed by atoms with Crippen LogP contribution in [0.4, 0.5) is 0 Å². The maximum Gasteiger partial charge on any atom is 0.245 e. The van der Waals surface area contributed by atoms with Crippen molar-refractivity contribution in [1.29, 1.82) is 0 Å². The van der Waals surface area contributed by atoms with Crippen LogP contribution in [0.15, 0.2) is 12.7 Å². The Morgan fingerprint density at radius 3 is 2.17 bits per heavy atom. The van der Waals surface area contributed by atoms with E-state index in [0.717, 1.165) is 13.1 Å². The molecule has 0 unspecified atom stereocenters. The number of nitrogens with zero attached hydrogens (tertiary/aromatic N) is 1. The zero-order chi connectivity index (χ0) is 8.85. The number of hydrogen-bond donors (Lipinski definition) is 0. The smallest absolute Gasteiger partial charge is 0.245 e. The second kappa shape index (κ2) is 6.89. The minimum absolute atomic E-state index is 0. The normalized spacial score (nSPS) is 14.8. The lowest BCUT2D eigenvalue weighted by atomic mass is 10.0. The molecule has 1 heterocycles. The summed E-state index contributed by atoms with van der Waals surface area (Å²) in [6, 6.07) is 0. The van der Waals surface area contributed by atoms with E-state index in [9.17, 15) is 4.79 Å². The van der Waals surface area contributed by atoms with Gasteiger partial charge in [-0.3, -0.25) is 4.79 Å². The maximum atomic E-state index is 10.7. The van der Waals surface area contributed by atoms with Crippen molar-refractivity contribution in [3.8, 4) is 0 Å². The van der Waals surface area contributed by atoms with E-state index < -0.39 is 0 Å². The molecule has 1 aliphatic rings. The van der Waals surface area contributed by atoms with Crippen molar-refractivity contribution in [2.75, 3.05) is 13.1 Å². The Balaban J connectivity index is 0. The summed E-state index contributed by atoms with van der Waals surface area (Å²) in [6.07, 6.45) is 1.37. The summed E-state index contributed by atoms with van der Waals surface area (Å²) in [5.74, 6) is 0.752. The van der Waals surface area contributed by atoms with Crippen LogP contribution in [0.3, 0.4) is 0 Å². The largest absolute Gasteiger partial charge is 0.339 e. The van der Waals surface area contributed by atoms with Gasteiger partial charge in [-0.25, -0.2) is 0 Å². The van der Waals surface area contributed by atoms with Gasteiger partial charge in [-0.05, 0) is 12.0 Å². The highest BCUT2D eigenvalue weighted by atomic mass is 16.2. The second-order valence-electron chi connectivity index (χ2n) is 2.55. The molecule has 1 rings (SSSR count). The first-order chi connectivity index (χ1) is 5.24. The van der Waals surface area contributed by atoms with E-state index in [1.54, 1.807) is 4.90 Å². The summed E-state index contributed by atoms with van der Waals surface area (Å²) in [4.78, 5) is 12.5. The lowest BCUT2D eigenvalue weighted by Gasteiger charge is -2.36. The van der Waals surface area contributed by atoms with Gasteiger partial charge in [0.1, 0.15) is 0 Å². The first kappa shape index (κ1) is 13.8. The highest BCUT2D eigenvalue weighted by molar-refractivity contribution is 5.87. The van der Waals surface area contributed by atoms with Crippen molar-refractivity contribution >= 4 is 5.91 Å². The fourth-order valence-electron chi connectivity index (χ4n) is 1.01. The zero-order valence-corrected chi connectivity index (χ0v) is 7.63. The van der Waals surface area contributed by atoms with Crippen LogP contribution in [0.25, 0.3) is 0 Å². The highest BCUT2D eigenvalue weighted by Gasteiger charge is 2.24. The number of carbonyl (C=O) groups is 1. The van der Waals surface area contributed by atoms with Crippen molar-refractivity contribution in [3.05, 3.63) is 12.7 Å². The Hall–Kier alpha value is -0.790.